The normalized spacial score (nSPS) is 10.5. The molecule has 0 bridgehead atoms. The van der Waals surface area contributed by atoms with Gasteiger partial charge < -0.3 is 10.6 Å². The Bertz CT molecular complexity index is 839. The summed E-state index contributed by atoms with van der Waals surface area (Å²) in [5.41, 5.74) is 4.93. The maximum atomic E-state index is 13.0. The van der Waals surface area contributed by atoms with E-state index in [1.807, 2.05) is 13.0 Å². The molecule has 0 saturated carbocycles. The first-order valence-electron chi connectivity index (χ1n) is 7.71. The van der Waals surface area contributed by atoms with E-state index in [4.69, 9.17) is 0 Å². The Balaban J connectivity index is 1.84. The predicted octanol–water partition coefficient (Wildman–Crippen LogP) is 5.03. The van der Waals surface area contributed by atoms with Crippen LogP contribution in [-0.4, -0.2) is 9.97 Å². The smallest absolute Gasteiger partial charge is 0.229 e. The van der Waals surface area contributed by atoms with Crippen molar-refractivity contribution in [3.8, 4) is 0 Å². The number of anilines is 4. The highest BCUT2D eigenvalue weighted by atomic mass is 19.1. The second-order valence-electron chi connectivity index (χ2n) is 5.85. The third kappa shape index (κ3) is 4.07. The van der Waals surface area contributed by atoms with E-state index in [0.717, 1.165) is 17.1 Å². The predicted molar refractivity (Wildman–Crippen MR) is 95.7 cm³/mol. The highest BCUT2D eigenvalue weighted by molar-refractivity contribution is 5.61. The second-order valence-corrected chi connectivity index (χ2v) is 5.85. The second kappa shape index (κ2) is 6.66. The van der Waals surface area contributed by atoms with Crippen LogP contribution in [0, 0.1) is 26.6 Å². The van der Waals surface area contributed by atoms with E-state index < -0.39 is 0 Å². The summed E-state index contributed by atoms with van der Waals surface area (Å²) < 4.78 is 13.0. The fourth-order valence-electron chi connectivity index (χ4n) is 2.55. The molecule has 122 valence electrons. The number of aromatic nitrogens is 2. The highest BCUT2D eigenvalue weighted by Gasteiger charge is 2.05. The van der Waals surface area contributed by atoms with E-state index in [1.165, 1.54) is 23.3 Å². The maximum absolute atomic E-state index is 13.0. The first-order valence-corrected chi connectivity index (χ1v) is 7.71. The number of nitrogens with one attached hydrogen (secondary N) is 2. The molecule has 0 unspecified atom stereocenters. The Labute approximate surface area is 140 Å². The molecule has 0 amide bonds. The topological polar surface area (TPSA) is 49.8 Å². The van der Waals surface area contributed by atoms with Gasteiger partial charge in [0, 0.05) is 23.1 Å². The molecule has 4 nitrogen and oxygen atoms in total. The van der Waals surface area contributed by atoms with Gasteiger partial charge in [-0.2, -0.15) is 4.98 Å². The lowest BCUT2D eigenvalue weighted by Gasteiger charge is -2.11. The standard InChI is InChI=1S/C19H19FN4/c1-12-8-13(2)10-17(9-12)22-18-11-14(3)21-19(24-18)23-16-6-4-15(20)5-7-16/h4-11H,1-3H3,(H2,21,22,23,24). The number of hydrogen-bond donors (Lipinski definition) is 2. The average Bonchev–Trinajstić information content (AvgIpc) is 2.48. The van der Waals surface area contributed by atoms with Crippen molar-refractivity contribution in [3.63, 3.8) is 0 Å². The lowest BCUT2D eigenvalue weighted by atomic mass is 10.1. The highest BCUT2D eigenvalue weighted by Crippen LogP contribution is 2.21. The lowest BCUT2D eigenvalue weighted by molar-refractivity contribution is 0.628. The fraction of sp³-hybridized carbons (Fsp3) is 0.158. The van der Waals surface area contributed by atoms with Gasteiger partial charge in [-0.05, 0) is 68.3 Å². The molecule has 1 aromatic heterocycles. The molecule has 0 spiro atoms. The number of aryl methyl sites for hydroxylation is 3. The molecule has 3 aromatic rings. The van der Waals surface area contributed by atoms with Crippen LogP contribution in [0.3, 0.4) is 0 Å². The molecule has 2 N–H and O–H groups in total. The number of rotatable bonds is 4. The molecule has 0 aliphatic carbocycles. The van der Waals surface area contributed by atoms with Gasteiger partial charge in [0.25, 0.3) is 0 Å². The third-order valence-corrected chi connectivity index (χ3v) is 3.45. The number of nitrogens with zero attached hydrogens (tertiary/aromatic N) is 2. The van der Waals surface area contributed by atoms with E-state index in [0.29, 0.717) is 11.8 Å². The van der Waals surface area contributed by atoms with Gasteiger partial charge in [-0.15, -0.1) is 0 Å². The first kappa shape index (κ1) is 15.9. The maximum Gasteiger partial charge on any atom is 0.229 e. The Morgan fingerprint density at radius 3 is 2.08 bits per heavy atom. The van der Waals surface area contributed by atoms with Gasteiger partial charge in [-0.3, -0.25) is 0 Å². The van der Waals surface area contributed by atoms with Gasteiger partial charge in [0.1, 0.15) is 11.6 Å². The molecule has 24 heavy (non-hydrogen) atoms. The number of halogens is 1. The SMILES string of the molecule is Cc1cc(C)cc(Nc2cc(C)nc(Nc3ccc(F)cc3)n2)c1. The molecule has 0 saturated heterocycles. The van der Waals surface area contributed by atoms with E-state index in [1.54, 1.807) is 12.1 Å². The molecule has 3 rings (SSSR count). The summed E-state index contributed by atoms with van der Waals surface area (Å²) in [7, 11) is 0. The van der Waals surface area contributed by atoms with Crippen molar-refractivity contribution >= 4 is 23.1 Å². The zero-order valence-electron chi connectivity index (χ0n) is 13.9. The number of hydrogen-bond acceptors (Lipinski definition) is 4. The zero-order valence-corrected chi connectivity index (χ0v) is 13.9. The zero-order chi connectivity index (χ0) is 17.1. The van der Waals surface area contributed by atoms with Crippen LogP contribution in [0.4, 0.5) is 27.5 Å². The summed E-state index contributed by atoms with van der Waals surface area (Å²) in [6.45, 7) is 6.03. The van der Waals surface area contributed by atoms with Crippen molar-refractivity contribution in [3.05, 3.63) is 71.2 Å². The fourth-order valence-corrected chi connectivity index (χ4v) is 2.55. The van der Waals surface area contributed by atoms with Crippen LogP contribution in [0.25, 0.3) is 0 Å². The molecule has 5 heteroatoms. The first-order chi connectivity index (χ1) is 11.5. The largest absolute Gasteiger partial charge is 0.340 e. The van der Waals surface area contributed by atoms with E-state index in [2.05, 4.69) is 52.6 Å². The van der Waals surface area contributed by atoms with Crippen LogP contribution in [0.2, 0.25) is 0 Å². The van der Waals surface area contributed by atoms with Gasteiger partial charge in [-0.25, -0.2) is 9.37 Å². The van der Waals surface area contributed by atoms with Crippen LogP contribution in [-0.2, 0) is 0 Å². The van der Waals surface area contributed by atoms with Crippen molar-refractivity contribution < 1.29 is 4.39 Å². The summed E-state index contributed by atoms with van der Waals surface area (Å²) in [6, 6.07) is 14.2. The van der Waals surface area contributed by atoms with Gasteiger partial charge in [0.05, 0.1) is 0 Å². The molecule has 0 atom stereocenters. The molecule has 0 fully saturated rings. The van der Waals surface area contributed by atoms with Crippen molar-refractivity contribution in [1.29, 1.82) is 0 Å². The average molecular weight is 322 g/mol. The van der Waals surface area contributed by atoms with Gasteiger partial charge in [-0.1, -0.05) is 6.07 Å². The van der Waals surface area contributed by atoms with Gasteiger partial charge >= 0.3 is 0 Å². The minimum absolute atomic E-state index is 0.275. The van der Waals surface area contributed by atoms with E-state index in [9.17, 15) is 4.39 Å². The minimum atomic E-state index is -0.275. The quantitative estimate of drug-likeness (QED) is 0.707. The molecule has 0 aliphatic heterocycles. The third-order valence-electron chi connectivity index (χ3n) is 3.45. The van der Waals surface area contributed by atoms with Gasteiger partial charge in [0.15, 0.2) is 0 Å². The van der Waals surface area contributed by atoms with Crippen LogP contribution < -0.4 is 10.6 Å². The summed E-state index contributed by atoms with van der Waals surface area (Å²) >= 11 is 0. The summed E-state index contributed by atoms with van der Waals surface area (Å²) in [4.78, 5) is 8.85. The summed E-state index contributed by atoms with van der Waals surface area (Å²) in [5.74, 6) is 0.897. The van der Waals surface area contributed by atoms with Crippen LogP contribution in [0.15, 0.2) is 48.5 Å². The molecule has 0 aliphatic rings. The Hall–Kier alpha value is -2.95. The summed E-state index contributed by atoms with van der Waals surface area (Å²) in [6.07, 6.45) is 0. The molecule has 2 aromatic carbocycles. The van der Waals surface area contributed by atoms with Gasteiger partial charge in [0.2, 0.25) is 5.95 Å². The Kier molecular flexibility index (Phi) is 4.42. The van der Waals surface area contributed by atoms with E-state index >= 15 is 0 Å². The van der Waals surface area contributed by atoms with Crippen LogP contribution in [0.5, 0.6) is 0 Å². The minimum Gasteiger partial charge on any atom is -0.340 e. The van der Waals surface area contributed by atoms with Crippen molar-refractivity contribution in [2.24, 2.45) is 0 Å². The Morgan fingerprint density at radius 1 is 0.750 bits per heavy atom. The summed E-state index contributed by atoms with van der Waals surface area (Å²) in [5, 5.41) is 6.40. The van der Waals surface area contributed by atoms with Crippen molar-refractivity contribution in [1.82, 2.24) is 9.97 Å². The molecular weight excluding hydrogens is 303 g/mol. The van der Waals surface area contributed by atoms with E-state index in [-0.39, 0.29) is 5.82 Å². The molecule has 1 heterocycles. The monoisotopic (exact) mass is 322 g/mol. The van der Waals surface area contributed by atoms with Crippen LogP contribution >= 0.6 is 0 Å². The molecular formula is C19H19FN4. The van der Waals surface area contributed by atoms with Crippen molar-refractivity contribution in [2.45, 2.75) is 20.8 Å². The van der Waals surface area contributed by atoms with Crippen molar-refractivity contribution in [2.75, 3.05) is 10.6 Å². The van der Waals surface area contributed by atoms with Crippen LogP contribution in [0.1, 0.15) is 16.8 Å². The lowest BCUT2D eigenvalue weighted by Crippen LogP contribution is -2.02. The Morgan fingerprint density at radius 2 is 1.42 bits per heavy atom. The number of benzene rings is 2. The molecule has 0 radical (unpaired) electrons.